The molecule has 0 aliphatic carbocycles. The van der Waals surface area contributed by atoms with Crippen molar-refractivity contribution in [2.24, 2.45) is 0 Å². The van der Waals surface area contributed by atoms with Gasteiger partial charge in [-0.1, -0.05) is 18.5 Å². The predicted molar refractivity (Wildman–Crippen MR) is 103 cm³/mol. The Balaban J connectivity index is 1.79. The normalized spacial score (nSPS) is 24.4. The molecule has 0 saturated carbocycles. The number of carbonyl (C=O) groups is 1. The lowest BCUT2D eigenvalue weighted by molar-refractivity contribution is 0.0681. The van der Waals surface area contributed by atoms with Gasteiger partial charge in [-0.25, -0.2) is 0 Å². The first-order valence-corrected chi connectivity index (χ1v) is 10.0. The van der Waals surface area contributed by atoms with Gasteiger partial charge in [-0.05, 0) is 51.2 Å². The zero-order valence-electron chi connectivity index (χ0n) is 15.9. The van der Waals surface area contributed by atoms with Crippen molar-refractivity contribution < 1.29 is 14.3 Å². The Labute approximate surface area is 161 Å². The second kappa shape index (κ2) is 8.49. The second-order valence-corrected chi connectivity index (χ2v) is 7.65. The van der Waals surface area contributed by atoms with E-state index in [0.717, 1.165) is 19.3 Å². The Hall–Kier alpha value is -1.46. The zero-order chi connectivity index (χ0) is 18.7. The van der Waals surface area contributed by atoms with Crippen molar-refractivity contribution in [3.05, 3.63) is 22.7 Å². The van der Waals surface area contributed by atoms with E-state index in [1.807, 2.05) is 25.8 Å². The molecule has 2 saturated heterocycles. The first-order valence-electron chi connectivity index (χ1n) is 9.65. The van der Waals surface area contributed by atoms with E-state index >= 15 is 0 Å². The average Bonchev–Trinajstić information content (AvgIpc) is 2.97. The predicted octanol–water partition coefficient (Wildman–Crippen LogP) is 3.88. The standard InChI is InChI=1S/C20H29ClN2O3/c1-4-8-26-19-17(21)9-13(10-18(19)25-5-2)20(24)23(3)16-11-14-6-7-15(12-16)22-14/h9-10,14-16,22H,4-8,11-12H2,1-3H3. The number of rotatable bonds is 7. The lowest BCUT2D eigenvalue weighted by atomic mass is 9.98. The highest BCUT2D eigenvalue weighted by Crippen LogP contribution is 2.38. The first kappa shape index (κ1) is 19.3. The Morgan fingerprint density at radius 3 is 2.54 bits per heavy atom. The molecule has 144 valence electrons. The highest BCUT2D eigenvalue weighted by Gasteiger charge is 2.36. The van der Waals surface area contributed by atoms with Gasteiger partial charge >= 0.3 is 0 Å². The summed E-state index contributed by atoms with van der Waals surface area (Å²) in [5.41, 5.74) is 0.552. The van der Waals surface area contributed by atoms with Gasteiger partial charge in [-0.2, -0.15) is 0 Å². The number of hydrogen-bond donors (Lipinski definition) is 1. The maximum atomic E-state index is 13.1. The van der Waals surface area contributed by atoms with Gasteiger partial charge in [0.05, 0.1) is 18.2 Å². The van der Waals surface area contributed by atoms with Crippen molar-refractivity contribution in [3.8, 4) is 11.5 Å². The van der Waals surface area contributed by atoms with Gasteiger partial charge in [0.2, 0.25) is 0 Å². The van der Waals surface area contributed by atoms with Gasteiger partial charge < -0.3 is 19.7 Å². The zero-order valence-corrected chi connectivity index (χ0v) is 16.6. The van der Waals surface area contributed by atoms with Crippen LogP contribution in [0.25, 0.3) is 0 Å². The van der Waals surface area contributed by atoms with Crippen molar-refractivity contribution in [1.82, 2.24) is 10.2 Å². The highest BCUT2D eigenvalue weighted by molar-refractivity contribution is 6.32. The number of ether oxygens (including phenoxy) is 2. The van der Waals surface area contributed by atoms with Crippen LogP contribution >= 0.6 is 11.6 Å². The summed E-state index contributed by atoms with van der Waals surface area (Å²) in [6, 6.07) is 4.81. The topological polar surface area (TPSA) is 50.8 Å². The summed E-state index contributed by atoms with van der Waals surface area (Å²) in [5, 5.41) is 4.04. The van der Waals surface area contributed by atoms with Crippen molar-refractivity contribution in [3.63, 3.8) is 0 Å². The van der Waals surface area contributed by atoms with Gasteiger partial charge in [0.25, 0.3) is 5.91 Å². The van der Waals surface area contributed by atoms with E-state index in [1.54, 1.807) is 12.1 Å². The molecule has 5 nitrogen and oxygen atoms in total. The number of halogens is 1. The number of benzene rings is 1. The van der Waals surface area contributed by atoms with E-state index in [0.29, 0.717) is 47.4 Å². The molecule has 6 heteroatoms. The Morgan fingerprint density at radius 2 is 1.92 bits per heavy atom. The maximum absolute atomic E-state index is 13.1. The van der Waals surface area contributed by atoms with Crippen molar-refractivity contribution in [1.29, 1.82) is 0 Å². The van der Waals surface area contributed by atoms with Crippen LogP contribution < -0.4 is 14.8 Å². The molecule has 2 unspecified atom stereocenters. The SMILES string of the molecule is CCCOc1c(Cl)cc(C(=O)N(C)C2CC3CCC(C2)N3)cc1OCC. The average molecular weight is 381 g/mol. The number of hydrogen-bond acceptors (Lipinski definition) is 4. The van der Waals surface area contributed by atoms with E-state index in [2.05, 4.69) is 5.32 Å². The van der Waals surface area contributed by atoms with E-state index < -0.39 is 0 Å². The van der Waals surface area contributed by atoms with E-state index in [4.69, 9.17) is 21.1 Å². The van der Waals surface area contributed by atoms with Crippen LogP contribution in [0.1, 0.15) is 56.3 Å². The molecule has 2 aliphatic heterocycles. The van der Waals surface area contributed by atoms with Crippen molar-refractivity contribution >= 4 is 17.5 Å². The molecular weight excluding hydrogens is 352 g/mol. The molecule has 3 rings (SSSR count). The van der Waals surface area contributed by atoms with E-state index in [9.17, 15) is 4.79 Å². The fourth-order valence-corrected chi connectivity index (χ4v) is 4.28. The summed E-state index contributed by atoms with van der Waals surface area (Å²) in [6.07, 6.45) is 5.34. The smallest absolute Gasteiger partial charge is 0.254 e. The third-order valence-corrected chi connectivity index (χ3v) is 5.60. The minimum atomic E-state index is -0.0128. The lowest BCUT2D eigenvalue weighted by Crippen LogP contribution is -2.48. The van der Waals surface area contributed by atoms with Crippen LogP contribution in [0.3, 0.4) is 0 Å². The molecule has 2 heterocycles. The summed E-state index contributed by atoms with van der Waals surface area (Å²) in [6.45, 7) is 4.99. The second-order valence-electron chi connectivity index (χ2n) is 7.25. The molecule has 2 aliphatic rings. The fraction of sp³-hybridized carbons (Fsp3) is 0.650. The summed E-state index contributed by atoms with van der Waals surface area (Å²) >= 11 is 6.41. The van der Waals surface area contributed by atoms with E-state index in [1.165, 1.54) is 12.8 Å². The minimum Gasteiger partial charge on any atom is -0.490 e. The number of fused-ring (bicyclic) bond motifs is 2. The molecule has 1 aromatic rings. The van der Waals surface area contributed by atoms with Crippen molar-refractivity contribution in [2.75, 3.05) is 20.3 Å². The molecule has 2 atom stereocenters. The molecule has 1 aromatic carbocycles. The summed E-state index contributed by atoms with van der Waals surface area (Å²) in [7, 11) is 1.90. The van der Waals surface area contributed by atoms with Crippen LogP contribution in [0, 0.1) is 0 Å². The van der Waals surface area contributed by atoms with E-state index in [-0.39, 0.29) is 11.9 Å². The maximum Gasteiger partial charge on any atom is 0.254 e. The summed E-state index contributed by atoms with van der Waals surface area (Å²) in [4.78, 5) is 14.9. The molecule has 2 bridgehead atoms. The molecule has 2 fully saturated rings. The van der Waals surface area contributed by atoms with Gasteiger partial charge in [0, 0.05) is 30.7 Å². The largest absolute Gasteiger partial charge is 0.490 e. The molecule has 1 N–H and O–H groups in total. The van der Waals surface area contributed by atoms with Crippen LogP contribution in [-0.2, 0) is 0 Å². The molecular formula is C20H29ClN2O3. The Kier molecular flexibility index (Phi) is 6.30. The van der Waals surface area contributed by atoms with Crippen molar-refractivity contribution in [2.45, 2.75) is 64.1 Å². The number of carbonyl (C=O) groups excluding carboxylic acids is 1. The highest BCUT2D eigenvalue weighted by atomic mass is 35.5. The number of nitrogens with one attached hydrogen (secondary N) is 1. The van der Waals surface area contributed by atoms with Gasteiger partial charge in [0.1, 0.15) is 0 Å². The third-order valence-electron chi connectivity index (χ3n) is 5.32. The number of nitrogens with zero attached hydrogens (tertiary/aromatic N) is 1. The molecule has 0 spiro atoms. The molecule has 1 amide bonds. The van der Waals surface area contributed by atoms with Gasteiger partial charge in [-0.15, -0.1) is 0 Å². The molecule has 0 radical (unpaired) electrons. The lowest BCUT2D eigenvalue weighted by Gasteiger charge is -2.35. The van der Waals surface area contributed by atoms with Crippen LogP contribution in [0.4, 0.5) is 0 Å². The number of piperidine rings is 1. The summed E-state index contributed by atoms with van der Waals surface area (Å²) < 4.78 is 11.4. The fourth-order valence-electron chi connectivity index (χ4n) is 4.01. The first-order chi connectivity index (χ1) is 12.5. The number of amides is 1. The van der Waals surface area contributed by atoms with Crippen LogP contribution in [0.5, 0.6) is 11.5 Å². The monoisotopic (exact) mass is 380 g/mol. The Bertz CT molecular complexity index is 640. The molecule has 26 heavy (non-hydrogen) atoms. The Morgan fingerprint density at radius 1 is 1.23 bits per heavy atom. The van der Waals surface area contributed by atoms with Crippen LogP contribution in [-0.4, -0.2) is 49.2 Å². The molecule has 0 aromatic heterocycles. The quantitative estimate of drug-likeness (QED) is 0.779. The summed E-state index contributed by atoms with van der Waals surface area (Å²) in [5.74, 6) is 1.05. The third kappa shape index (κ3) is 4.09. The van der Waals surface area contributed by atoms with Crippen LogP contribution in [0.2, 0.25) is 5.02 Å². The minimum absolute atomic E-state index is 0.0128. The van der Waals surface area contributed by atoms with Gasteiger partial charge in [0.15, 0.2) is 11.5 Å². The van der Waals surface area contributed by atoms with Gasteiger partial charge in [-0.3, -0.25) is 4.79 Å². The van der Waals surface area contributed by atoms with Crippen LogP contribution in [0.15, 0.2) is 12.1 Å².